The average Bonchev–Trinajstić information content (AvgIpc) is 2.38. The molecule has 0 aliphatic rings. The lowest BCUT2D eigenvalue weighted by atomic mass is 9.97. The summed E-state index contributed by atoms with van der Waals surface area (Å²) in [6, 6.07) is 5.87. The molecule has 0 radical (unpaired) electrons. The third-order valence-corrected chi connectivity index (χ3v) is 2.75. The second-order valence-electron chi connectivity index (χ2n) is 3.99. The highest BCUT2D eigenvalue weighted by molar-refractivity contribution is 5.88. The van der Waals surface area contributed by atoms with Crippen LogP contribution in [0.4, 0.5) is 22.0 Å². The minimum atomic E-state index is -4.90. The topological polar surface area (TPSA) is 17.1 Å². The zero-order valence-electron chi connectivity index (χ0n) is 9.84. The fourth-order valence-corrected chi connectivity index (χ4v) is 1.87. The quantitative estimate of drug-likeness (QED) is 0.588. The van der Waals surface area contributed by atoms with Crippen molar-refractivity contribution >= 4 is 6.29 Å². The smallest absolute Gasteiger partial charge is 0.298 e. The number of rotatable bonds is 2. The van der Waals surface area contributed by atoms with Gasteiger partial charge in [-0.1, -0.05) is 24.3 Å². The Balaban J connectivity index is 2.75. The number of hydrogen-bond donors (Lipinski definition) is 0. The Labute approximate surface area is 110 Å². The van der Waals surface area contributed by atoms with Gasteiger partial charge in [-0.05, 0) is 12.1 Å². The van der Waals surface area contributed by atoms with Crippen LogP contribution in [0, 0.1) is 11.6 Å². The van der Waals surface area contributed by atoms with E-state index < -0.39 is 34.5 Å². The molecule has 0 aromatic heterocycles. The van der Waals surface area contributed by atoms with Crippen molar-refractivity contribution in [3.8, 4) is 11.1 Å². The number of hydrogen-bond acceptors (Lipinski definition) is 1. The van der Waals surface area contributed by atoms with Crippen molar-refractivity contribution in [2.24, 2.45) is 0 Å². The van der Waals surface area contributed by atoms with Crippen LogP contribution in [-0.4, -0.2) is 6.29 Å². The van der Waals surface area contributed by atoms with Crippen LogP contribution in [-0.2, 0) is 6.18 Å². The molecular formula is C14H7F5O. The molecule has 2 aromatic carbocycles. The maximum Gasteiger partial charge on any atom is 0.419 e. The summed E-state index contributed by atoms with van der Waals surface area (Å²) in [5.41, 5.74) is -2.80. The zero-order valence-corrected chi connectivity index (χ0v) is 9.84. The fraction of sp³-hybridized carbons (Fsp3) is 0.0714. The lowest BCUT2D eigenvalue weighted by molar-refractivity contribution is -0.139. The third kappa shape index (κ3) is 2.41. The Morgan fingerprint density at radius 2 is 1.60 bits per heavy atom. The van der Waals surface area contributed by atoms with Gasteiger partial charge in [-0.2, -0.15) is 13.2 Å². The van der Waals surface area contributed by atoms with Crippen LogP contribution < -0.4 is 0 Å². The van der Waals surface area contributed by atoms with Crippen LogP contribution in [0.5, 0.6) is 0 Å². The summed E-state index contributed by atoms with van der Waals surface area (Å²) in [5.74, 6) is -2.57. The molecule has 0 aliphatic heterocycles. The predicted molar refractivity (Wildman–Crippen MR) is 62.2 cm³/mol. The van der Waals surface area contributed by atoms with Crippen molar-refractivity contribution in [3.05, 3.63) is 59.2 Å². The van der Waals surface area contributed by atoms with Crippen LogP contribution in [0.2, 0.25) is 0 Å². The van der Waals surface area contributed by atoms with E-state index in [1.54, 1.807) is 0 Å². The number of carbonyl (C=O) groups excluding carboxylic acids is 1. The predicted octanol–water partition coefficient (Wildman–Crippen LogP) is 4.46. The zero-order chi connectivity index (χ0) is 14.9. The molecule has 1 nitrogen and oxygen atoms in total. The Hall–Kier alpha value is -2.24. The number of aldehydes is 1. The van der Waals surface area contributed by atoms with Crippen LogP contribution in [0.1, 0.15) is 15.9 Å². The monoisotopic (exact) mass is 286 g/mol. The average molecular weight is 286 g/mol. The first-order chi connectivity index (χ1) is 9.36. The minimum absolute atomic E-state index is 0.219. The van der Waals surface area contributed by atoms with E-state index in [4.69, 9.17) is 0 Å². The van der Waals surface area contributed by atoms with Crippen LogP contribution in [0.3, 0.4) is 0 Å². The summed E-state index contributed by atoms with van der Waals surface area (Å²) >= 11 is 0. The van der Waals surface area contributed by atoms with Gasteiger partial charge in [-0.15, -0.1) is 0 Å². The van der Waals surface area contributed by atoms with Gasteiger partial charge in [-0.3, -0.25) is 4.79 Å². The van der Waals surface area contributed by atoms with E-state index in [1.165, 1.54) is 12.1 Å². The van der Waals surface area contributed by atoms with E-state index in [0.29, 0.717) is 6.07 Å². The number of alkyl halides is 3. The molecule has 0 bridgehead atoms. The molecule has 0 N–H and O–H groups in total. The van der Waals surface area contributed by atoms with Crippen molar-refractivity contribution in [2.45, 2.75) is 6.18 Å². The van der Waals surface area contributed by atoms with E-state index in [-0.39, 0.29) is 11.8 Å². The van der Waals surface area contributed by atoms with Crippen molar-refractivity contribution < 1.29 is 26.7 Å². The van der Waals surface area contributed by atoms with Gasteiger partial charge in [0.2, 0.25) is 0 Å². The first kappa shape index (κ1) is 14.2. The Morgan fingerprint density at radius 1 is 0.950 bits per heavy atom. The van der Waals surface area contributed by atoms with Gasteiger partial charge >= 0.3 is 6.18 Å². The summed E-state index contributed by atoms with van der Waals surface area (Å²) in [6.45, 7) is 0. The standard InChI is InChI=1S/C14H7F5O/c15-11-6-1-3-8(7-20)12(11)9-4-2-5-10(13(9)16)14(17,18)19/h1-7H. The van der Waals surface area contributed by atoms with Gasteiger partial charge in [0.05, 0.1) is 5.56 Å². The number of carbonyl (C=O) groups is 1. The summed E-state index contributed by atoms with van der Waals surface area (Å²) in [5, 5.41) is 0. The molecule has 0 unspecified atom stereocenters. The Kier molecular flexibility index (Phi) is 3.57. The molecule has 0 saturated heterocycles. The van der Waals surface area contributed by atoms with Crippen molar-refractivity contribution in [1.82, 2.24) is 0 Å². The molecule has 0 amide bonds. The summed E-state index contributed by atoms with van der Waals surface area (Å²) < 4.78 is 65.5. The highest BCUT2D eigenvalue weighted by Crippen LogP contribution is 2.36. The summed E-state index contributed by atoms with van der Waals surface area (Å²) in [4.78, 5) is 10.8. The molecule has 104 valence electrons. The van der Waals surface area contributed by atoms with Gasteiger partial charge in [0.1, 0.15) is 11.6 Å². The lowest BCUT2D eigenvalue weighted by Gasteiger charge is -2.13. The van der Waals surface area contributed by atoms with Crippen molar-refractivity contribution in [1.29, 1.82) is 0 Å². The second kappa shape index (κ2) is 5.03. The molecular weight excluding hydrogens is 279 g/mol. The maximum absolute atomic E-state index is 13.9. The molecule has 20 heavy (non-hydrogen) atoms. The van der Waals surface area contributed by atoms with Crippen molar-refractivity contribution in [3.63, 3.8) is 0 Å². The molecule has 0 saturated carbocycles. The highest BCUT2D eigenvalue weighted by Gasteiger charge is 2.35. The first-order valence-electron chi connectivity index (χ1n) is 5.46. The van der Waals surface area contributed by atoms with Gasteiger partial charge < -0.3 is 0 Å². The molecule has 0 fully saturated rings. The summed E-state index contributed by atoms with van der Waals surface area (Å²) in [7, 11) is 0. The molecule has 0 atom stereocenters. The number of benzene rings is 2. The van der Waals surface area contributed by atoms with E-state index in [0.717, 1.165) is 18.2 Å². The van der Waals surface area contributed by atoms with E-state index >= 15 is 0 Å². The largest absolute Gasteiger partial charge is 0.419 e. The second-order valence-corrected chi connectivity index (χ2v) is 3.99. The molecule has 2 aromatic rings. The van der Waals surface area contributed by atoms with E-state index in [9.17, 15) is 26.7 Å². The van der Waals surface area contributed by atoms with Gasteiger partial charge in [0.15, 0.2) is 6.29 Å². The van der Waals surface area contributed by atoms with Crippen molar-refractivity contribution in [2.75, 3.05) is 0 Å². The molecule has 6 heteroatoms. The highest BCUT2D eigenvalue weighted by atomic mass is 19.4. The SMILES string of the molecule is O=Cc1cccc(F)c1-c1cccc(C(F)(F)F)c1F. The molecule has 2 rings (SSSR count). The van der Waals surface area contributed by atoms with Gasteiger partial charge in [-0.25, -0.2) is 8.78 Å². The lowest BCUT2D eigenvalue weighted by Crippen LogP contribution is -2.09. The third-order valence-electron chi connectivity index (χ3n) is 2.75. The van der Waals surface area contributed by atoms with E-state index in [1.807, 2.05) is 0 Å². The summed E-state index contributed by atoms with van der Waals surface area (Å²) in [6.07, 6.45) is -4.63. The molecule has 0 heterocycles. The van der Waals surface area contributed by atoms with Crippen LogP contribution >= 0.6 is 0 Å². The maximum atomic E-state index is 13.9. The fourth-order valence-electron chi connectivity index (χ4n) is 1.87. The minimum Gasteiger partial charge on any atom is -0.298 e. The number of halogens is 5. The normalized spacial score (nSPS) is 11.4. The molecule has 0 spiro atoms. The molecule has 0 aliphatic carbocycles. The van der Waals surface area contributed by atoms with Crippen LogP contribution in [0.25, 0.3) is 11.1 Å². The van der Waals surface area contributed by atoms with Gasteiger partial charge in [0.25, 0.3) is 0 Å². The van der Waals surface area contributed by atoms with E-state index in [2.05, 4.69) is 0 Å². The van der Waals surface area contributed by atoms with Gasteiger partial charge in [0, 0.05) is 16.7 Å². The Morgan fingerprint density at radius 3 is 2.20 bits per heavy atom. The van der Waals surface area contributed by atoms with Crippen LogP contribution in [0.15, 0.2) is 36.4 Å². The first-order valence-corrected chi connectivity index (χ1v) is 5.46. The Bertz CT molecular complexity index is 661.